The highest BCUT2D eigenvalue weighted by atomic mass is 35.5. The molecule has 1 aromatic rings. The van der Waals surface area contributed by atoms with Crippen molar-refractivity contribution in [1.82, 2.24) is 10.2 Å². The van der Waals surface area contributed by atoms with Crippen LogP contribution >= 0.6 is 12.4 Å². The van der Waals surface area contributed by atoms with Crippen LogP contribution < -0.4 is 11.1 Å². The third-order valence-corrected chi connectivity index (χ3v) is 3.18. The number of aromatic hydroxyl groups is 1. The lowest BCUT2D eigenvalue weighted by Gasteiger charge is -2.29. The van der Waals surface area contributed by atoms with Crippen LogP contribution in [0.4, 0.5) is 0 Å². The predicted molar refractivity (Wildman–Crippen MR) is 76.5 cm³/mol. The first-order valence-corrected chi connectivity index (χ1v) is 6.15. The zero-order valence-corrected chi connectivity index (χ0v) is 11.8. The summed E-state index contributed by atoms with van der Waals surface area (Å²) in [4.78, 5) is 24.6. The molecule has 2 rings (SSSR count). The van der Waals surface area contributed by atoms with Crippen LogP contribution in [0.1, 0.15) is 11.1 Å². The van der Waals surface area contributed by atoms with E-state index in [0.717, 1.165) is 17.5 Å². The number of carbonyl (C=O) groups excluding carboxylic acids is 2. The molecule has 0 unspecified atom stereocenters. The fourth-order valence-corrected chi connectivity index (χ4v) is 2.11. The number of nitrogens with two attached hydrogens (primary N) is 1. The summed E-state index contributed by atoms with van der Waals surface area (Å²) in [7, 11) is 0. The van der Waals surface area contributed by atoms with Crippen LogP contribution in [0.25, 0.3) is 0 Å². The van der Waals surface area contributed by atoms with Crippen LogP contribution in [0.2, 0.25) is 0 Å². The Morgan fingerprint density at radius 1 is 1.35 bits per heavy atom. The second-order valence-corrected chi connectivity index (χ2v) is 4.50. The maximum Gasteiger partial charge on any atom is 0.242 e. The number of amides is 2. The van der Waals surface area contributed by atoms with Crippen LogP contribution in [0.5, 0.6) is 5.75 Å². The molecule has 0 spiro atoms. The molecule has 20 heavy (non-hydrogen) atoms. The molecule has 1 heterocycles. The molecular weight excluding hydrogens is 282 g/mol. The lowest BCUT2D eigenvalue weighted by molar-refractivity contribution is -0.133. The highest BCUT2D eigenvalue weighted by Crippen LogP contribution is 2.22. The lowest BCUT2D eigenvalue weighted by atomic mass is 9.99. The summed E-state index contributed by atoms with van der Waals surface area (Å²) in [6.45, 7) is 0.921. The van der Waals surface area contributed by atoms with Crippen LogP contribution in [0.15, 0.2) is 18.2 Å². The van der Waals surface area contributed by atoms with Gasteiger partial charge < -0.3 is 21.1 Å². The van der Waals surface area contributed by atoms with Gasteiger partial charge >= 0.3 is 0 Å². The molecule has 1 aliphatic rings. The van der Waals surface area contributed by atoms with Crippen molar-refractivity contribution in [1.29, 1.82) is 0 Å². The SMILES string of the molecule is Cl.NCC(=O)NCC(=O)N1CCc2ccc(O)cc2C1. The fourth-order valence-electron chi connectivity index (χ4n) is 2.11. The number of hydrogen-bond donors (Lipinski definition) is 3. The third-order valence-electron chi connectivity index (χ3n) is 3.18. The summed E-state index contributed by atoms with van der Waals surface area (Å²) in [5.74, 6) is -0.288. The van der Waals surface area contributed by atoms with Crippen molar-refractivity contribution in [2.24, 2.45) is 5.73 Å². The number of carbonyl (C=O) groups is 2. The second-order valence-electron chi connectivity index (χ2n) is 4.50. The number of nitrogens with zero attached hydrogens (tertiary/aromatic N) is 1. The quantitative estimate of drug-likeness (QED) is 0.718. The molecule has 0 fully saturated rings. The van der Waals surface area contributed by atoms with Gasteiger partial charge in [-0.05, 0) is 29.7 Å². The molecular formula is C13H18ClN3O3. The first kappa shape index (κ1) is 16.3. The maximum absolute atomic E-state index is 11.9. The zero-order valence-electron chi connectivity index (χ0n) is 11.0. The summed E-state index contributed by atoms with van der Waals surface area (Å²) in [5, 5.41) is 11.9. The van der Waals surface area contributed by atoms with Crippen LogP contribution in [0, 0.1) is 0 Å². The maximum atomic E-state index is 11.9. The minimum atomic E-state index is -0.344. The Labute approximate surface area is 123 Å². The van der Waals surface area contributed by atoms with Crippen molar-refractivity contribution in [2.75, 3.05) is 19.6 Å². The standard InChI is InChI=1S/C13H17N3O3.ClH/c14-6-12(18)15-7-13(19)16-4-3-9-1-2-11(17)5-10(9)8-16;/h1-2,5,17H,3-4,6-8,14H2,(H,15,18);1H. The number of benzene rings is 1. The van der Waals surface area contributed by atoms with E-state index in [1.807, 2.05) is 6.07 Å². The number of nitrogens with one attached hydrogen (secondary N) is 1. The van der Waals surface area contributed by atoms with Crippen molar-refractivity contribution < 1.29 is 14.7 Å². The molecule has 6 nitrogen and oxygen atoms in total. The van der Waals surface area contributed by atoms with Gasteiger partial charge in [0.25, 0.3) is 0 Å². The second kappa shape index (κ2) is 7.12. The van der Waals surface area contributed by atoms with E-state index in [-0.39, 0.29) is 43.1 Å². The Morgan fingerprint density at radius 2 is 2.10 bits per heavy atom. The van der Waals surface area contributed by atoms with Crippen LogP contribution in [-0.4, -0.2) is 41.5 Å². The van der Waals surface area contributed by atoms with E-state index < -0.39 is 0 Å². The average Bonchev–Trinajstić information content (AvgIpc) is 2.43. The number of hydrogen-bond acceptors (Lipinski definition) is 4. The van der Waals surface area contributed by atoms with Gasteiger partial charge in [0, 0.05) is 13.1 Å². The molecule has 4 N–H and O–H groups in total. The summed E-state index contributed by atoms with van der Waals surface area (Å²) < 4.78 is 0. The molecule has 0 bridgehead atoms. The van der Waals surface area contributed by atoms with Crippen LogP contribution in [0.3, 0.4) is 0 Å². The highest BCUT2D eigenvalue weighted by molar-refractivity contribution is 5.86. The topological polar surface area (TPSA) is 95.7 Å². The van der Waals surface area contributed by atoms with Crippen molar-refractivity contribution in [2.45, 2.75) is 13.0 Å². The van der Waals surface area contributed by atoms with Gasteiger partial charge in [0.05, 0.1) is 13.1 Å². The molecule has 0 saturated heterocycles. The predicted octanol–water partition coefficient (Wildman–Crippen LogP) is -0.226. The van der Waals surface area contributed by atoms with Crippen LogP contribution in [-0.2, 0) is 22.6 Å². The van der Waals surface area contributed by atoms with Gasteiger partial charge in [-0.1, -0.05) is 6.07 Å². The van der Waals surface area contributed by atoms with Crippen molar-refractivity contribution in [3.63, 3.8) is 0 Å². The number of rotatable bonds is 3. The molecule has 0 atom stereocenters. The summed E-state index contributed by atoms with van der Waals surface area (Å²) >= 11 is 0. The number of fused-ring (bicyclic) bond motifs is 1. The van der Waals surface area contributed by atoms with Gasteiger partial charge in [-0.3, -0.25) is 9.59 Å². The van der Waals surface area contributed by atoms with E-state index in [9.17, 15) is 14.7 Å². The van der Waals surface area contributed by atoms with Gasteiger partial charge in [-0.2, -0.15) is 0 Å². The summed E-state index contributed by atoms with van der Waals surface area (Å²) in [6.07, 6.45) is 0.756. The number of phenolic OH excluding ortho intramolecular Hbond substituents is 1. The monoisotopic (exact) mass is 299 g/mol. The van der Waals surface area contributed by atoms with Gasteiger partial charge in [-0.25, -0.2) is 0 Å². The van der Waals surface area contributed by atoms with Crippen molar-refractivity contribution in [3.8, 4) is 5.75 Å². The van der Waals surface area contributed by atoms with Crippen molar-refractivity contribution >= 4 is 24.2 Å². The molecule has 0 saturated carbocycles. The molecule has 1 aromatic carbocycles. The highest BCUT2D eigenvalue weighted by Gasteiger charge is 2.20. The van der Waals surface area contributed by atoms with E-state index in [0.29, 0.717) is 13.1 Å². The number of phenols is 1. The van der Waals surface area contributed by atoms with Gasteiger partial charge in [0.15, 0.2) is 0 Å². The Hall–Kier alpha value is -1.79. The van der Waals surface area contributed by atoms with Gasteiger partial charge in [0.2, 0.25) is 11.8 Å². The van der Waals surface area contributed by atoms with E-state index >= 15 is 0 Å². The fraction of sp³-hybridized carbons (Fsp3) is 0.385. The normalized spacial score (nSPS) is 13.2. The van der Waals surface area contributed by atoms with E-state index in [2.05, 4.69) is 5.32 Å². The Balaban J connectivity index is 0.00000200. The molecule has 7 heteroatoms. The summed E-state index contributed by atoms with van der Waals surface area (Å²) in [6, 6.07) is 5.20. The molecule has 2 amide bonds. The molecule has 110 valence electrons. The zero-order chi connectivity index (χ0) is 13.8. The number of halogens is 1. The minimum absolute atomic E-state index is 0. The minimum Gasteiger partial charge on any atom is -0.508 e. The third kappa shape index (κ3) is 3.85. The van der Waals surface area contributed by atoms with Gasteiger partial charge in [-0.15, -0.1) is 12.4 Å². The van der Waals surface area contributed by atoms with Gasteiger partial charge in [0.1, 0.15) is 5.75 Å². The molecule has 0 aliphatic carbocycles. The van der Waals surface area contributed by atoms with Crippen molar-refractivity contribution in [3.05, 3.63) is 29.3 Å². The largest absolute Gasteiger partial charge is 0.508 e. The molecule has 0 radical (unpaired) electrons. The van der Waals surface area contributed by atoms with E-state index in [4.69, 9.17) is 5.73 Å². The first-order chi connectivity index (χ1) is 9.10. The average molecular weight is 300 g/mol. The smallest absolute Gasteiger partial charge is 0.242 e. The molecule has 1 aliphatic heterocycles. The molecule has 0 aromatic heterocycles. The Bertz CT molecular complexity index is 508. The first-order valence-electron chi connectivity index (χ1n) is 6.15. The summed E-state index contributed by atoms with van der Waals surface area (Å²) in [5.41, 5.74) is 7.25. The van der Waals surface area contributed by atoms with E-state index in [1.165, 1.54) is 0 Å². The lowest BCUT2D eigenvalue weighted by Crippen LogP contribution is -2.43. The Kier molecular flexibility index (Phi) is 5.79. The Morgan fingerprint density at radius 3 is 2.80 bits per heavy atom. The van der Waals surface area contributed by atoms with E-state index in [1.54, 1.807) is 17.0 Å².